The summed E-state index contributed by atoms with van der Waals surface area (Å²) in [5, 5.41) is 3.06. The van der Waals surface area contributed by atoms with Gasteiger partial charge in [-0.05, 0) is 37.5 Å². The van der Waals surface area contributed by atoms with E-state index in [1.807, 2.05) is 31.2 Å². The van der Waals surface area contributed by atoms with E-state index >= 15 is 0 Å². The number of nitrogens with two attached hydrogens (primary N) is 1. The van der Waals surface area contributed by atoms with E-state index in [-0.39, 0.29) is 5.91 Å². The maximum absolute atomic E-state index is 10.6. The summed E-state index contributed by atoms with van der Waals surface area (Å²) in [7, 11) is 0. The number of aryl methyl sites for hydroxylation is 1. The van der Waals surface area contributed by atoms with E-state index in [1.165, 1.54) is 5.56 Å². The highest BCUT2D eigenvalue weighted by Crippen LogP contribution is 2.11. The molecule has 0 spiro atoms. The van der Waals surface area contributed by atoms with Gasteiger partial charge >= 0.3 is 0 Å². The summed E-state index contributed by atoms with van der Waals surface area (Å²) in [6.45, 7) is 1.84. The number of amides is 1. The van der Waals surface area contributed by atoms with Crippen molar-refractivity contribution in [3.05, 3.63) is 29.8 Å². The first-order valence-corrected chi connectivity index (χ1v) is 5.63. The van der Waals surface area contributed by atoms with Gasteiger partial charge in [0.1, 0.15) is 0 Å². The number of primary amides is 1. The molecule has 0 aliphatic rings. The summed E-state index contributed by atoms with van der Waals surface area (Å²) >= 11 is 4.95. The van der Waals surface area contributed by atoms with Gasteiger partial charge in [0.2, 0.25) is 5.91 Å². The zero-order valence-electron chi connectivity index (χ0n) is 9.32. The number of carbonyl (C=O) groups excluding carboxylic acids is 1. The second-order valence-electron chi connectivity index (χ2n) is 3.70. The number of thiocarbonyl (C=S) groups is 1. The van der Waals surface area contributed by atoms with Crippen molar-refractivity contribution in [2.24, 2.45) is 5.73 Å². The van der Waals surface area contributed by atoms with Crippen LogP contribution in [-0.2, 0) is 11.2 Å². The minimum Gasteiger partial charge on any atom is -0.370 e. The minimum atomic E-state index is -0.241. The first-order chi connectivity index (χ1) is 7.58. The van der Waals surface area contributed by atoms with E-state index in [0.717, 1.165) is 23.5 Å². The molecule has 0 bridgehead atoms. The summed E-state index contributed by atoms with van der Waals surface area (Å²) in [5.41, 5.74) is 7.27. The van der Waals surface area contributed by atoms with Crippen LogP contribution in [0.3, 0.4) is 0 Å². The van der Waals surface area contributed by atoms with Crippen LogP contribution in [0.5, 0.6) is 0 Å². The molecule has 0 aliphatic carbocycles. The fourth-order valence-corrected chi connectivity index (χ4v) is 1.54. The number of nitrogens with one attached hydrogen (secondary N) is 1. The lowest BCUT2D eigenvalue weighted by atomic mass is 10.1. The Morgan fingerprint density at radius 1 is 1.38 bits per heavy atom. The van der Waals surface area contributed by atoms with E-state index < -0.39 is 0 Å². The van der Waals surface area contributed by atoms with Crippen LogP contribution in [0.1, 0.15) is 25.3 Å². The van der Waals surface area contributed by atoms with Crippen molar-refractivity contribution in [3.8, 4) is 0 Å². The van der Waals surface area contributed by atoms with Crippen LogP contribution in [0.4, 0.5) is 5.69 Å². The van der Waals surface area contributed by atoms with E-state index in [4.69, 9.17) is 18.0 Å². The Morgan fingerprint density at radius 3 is 2.50 bits per heavy atom. The van der Waals surface area contributed by atoms with Gasteiger partial charge in [-0.2, -0.15) is 0 Å². The van der Waals surface area contributed by atoms with Gasteiger partial charge in [0, 0.05) is 12.1 Å². The topological polar surface area (TPSA) is 55.1 Å². The zero-order valence-corrected chi connectivity index (χ0v) is 10.1. The molecule has 0 radical (unpaired) electrons. The fraction of sp³-hybridized carbons (Fsp3) is 0.333. The molecule has 4 heteroatoms. The molecule has 1 aromatic rings. The average Bonchev–Trinajstić information content (AvgIpc) is 2.19. The van der Waals surface area contributed by atoms with Gasteiger partial charge in [0.05, 0.1) is 4.99 Å². The van der Waals surface area contributed by atoms with Crippen LogP contribution in [0.15, 0.2) is 24.3 Å². The third-order valence-corrected chi connectivity index (χ3v) is 2.26. The third-order valence-electron chi connectivity index (χ3n) is 2.16. The summed E-state index contributed by atoms with van der Waals surface area (Å²) < 4.78 is 0. The summed E-state index contributed by atoms with van der Waals surface area (Å²) in [5.74, 6) is -0.241. The van der Waals surface area contributed by atoms with Crippen molar-refractivity contribution in [2.45, 2.75) is 26.2 Å². The SMILES string of the molecule is CC(=S)Nc1ccc(CCCC(N)=O)cc1. The van der Waals surface area contributed by atoms with Gasteiger partial charge in [0.25, 0.3) is 0 Å². The zero-order chi connectivity index (χ0) is 12.0. The second-order valence-corrected chi connectivity index (χ2v) is 4.31. The number of carbonyl (C=O) groups is 1. The highest BCUT2D eigenvalue weighted by atomic mass is 32.1. The van der Waals surface area contributed by atoms with Crippen molar-refractivity contribution in [2.75, 3.05) is 5.32 Å². The van der Waals surface area contributed by atoms with Gasteiger partial charge in [0.15, 0.2) is 0 Å². The summed E-state index contributed by atoms with van der Waals surface area (Å²) in [4.78, 5) is 11.3. The maximum atomic E-state index is 10.6. The Morgan fingerprint density at radius 2 is 2.00 bits per heavy atom. The fourth-order valence-electron chi connectivity index (χ4n) is 1.42. The number of anilines is 1. The van der Waals surface area contributed by atoms with Crippen LogP contribution in [-0.4, -0.2) is 10.9 Å². The molecular formula is C12H16N2OS. The van der Waals surface area contributed by atoms with Crippen LogP contribution in [0, 0.1) is 0 Å². The Balaban J connectivity index is 2.45. The number of hydrogen-bond acceptors (Lipinski definition) is 2. The van der Waals surface area contributed by atoms with Gasteiger partial charge in [-0.25, -0.2) is 0 Å². The minimum absolute atomic E-state index is 0.241. The van der Waals surface area contributed by atoms with E-state index in [9.17, 15) is 4.79 Å². The van der Waals surface area contributed by atoms with Crippen LogP contribution < -0.4 is 11.1 Å². The van der Waals surface area contributed by atoms with Gasteiger partial charge in [-0.3, -0.25) is 4.79 Å². The molecule has 0 atom stereocenters. The highest BCUT2D eigenvalue weighted by molar-refractivity contribution is 7.80. The normalized spacial score (nSPS) is 9.81. The summed E-state index contributed by atoms with van der Waals surface area (Å²) in [6, 6.07) is 8.02. The molecule has 0 aliphatic heterocycles. The van der Waals surface area contributed by atoms with Gasteiger partial charge in [-0.1, -0.05) is 24.4 Å². The van der Waals surface area contributed by atoms with Crippen molar-refractivity contribution in [1.29, 1.82) is 0 Å². The lowest BCUT2D eigenvalue weighted by molar-refractivity contribution is -0.118. The Hall–Kier alpha value is -1.42. The Bertz CT molecular complexity index is 373. The molecule has 1 amide bonds. The molecular weight excluding hydrogens is 220 g/mol. The molecule has 3 nitrogen and oxygen atoms in total. The third kappa shape index (κ3) is 4.89. The molecule has 1 aromatic carbocycles. The standard InChI is InChI=1S/C12H16N2OS/c1-9(16)14-11-7-5-10(6-8-11)3-2-4-12(13)15/h5-8H,2-4H2,1H3,(H2,13,15)(H,14,16). The monoisotopic (exact) mass is 236 g/mol. The number of benzene rings is 1. The predicted molar refractivity (Wildman–Crippen MR) is 70.5 cm³/mol. The van der Waals surface area contributed by atoms with Crippen molar-refractivity contribution in [1.82, 2.24) is 0 Å². The molecule has 0 heterocycles. The first-order valence-electron chi connectivity index (χ1n) is 5.23. The van der Waals surface area contributed by atoms with Crippen molar-refractivity contribution < 1.29 is 4.79 Å². The Labute approximate surface area is 101 Å². The van der Waals surface area contributed by atoms with E-state index in [0.29, 0.717) is 6.42 Å². The summed E-state index contributed by atoms with van der Waals surface area (Å²) in [6.07, 6.45) is 2.12. The van der Waals surface area contributed by atoms with Gasteiger partial charge < -0.3 is 11.1 Å². The van der Waals surface area contributed by atoms with Crippen molar-refractivity contribution in [3.63, 3.8) is 0 Å². The van der Waals surface area contributed by atoms with Crippen LogP contribution in [0.25, 0.3) is 0 Å². The predicted octanol–water partition coefficient (Wildman–Crippen LogP) is 2.25. The molecule has 16 heavy (non-hydrogen) atoms. The highest BCUT2D eigenvalue weighted by Gasteiger charge is 1.97. The average molecular weight is 236 g/mol. The van der Waals surface area contributed by atoms with E-state index in [1.54, 1.807) is 0 Å². The first kappa shape index (κ1) is 12.6. The van der Waals surface area contributed by atoms with Crippen LogP contribution >= 0.6 is 12.2 Å². The van der Waals surface area contributed by atoms with Crippen molar-refractivity contribution >= 4 is 28.8 Å². The number of hydrogen-bond donors (Lipinski definition) is 2. The number of rotatable bonds is 5. The smallest absolute Gasteiger partial charge is 0.217 e. The molecule has 86 valence electrons. The van der Waals surface area contributed by atoms with Gasteiger partial charge in [-0.15, -0.1) is 0 Å². The molecule has 0 saturated carbocycles. The molecule has 3 N–H and O–H groups in total. The largest absolute Gasteiger partial charge is 0.370 e. The van der Waals surface area contributed by atoms with E-state index in [2.05, 4.69) is 5.32 Å². The maximum Gasteiger partial charge on any atom is 0.217 e. The lowest BCUT2D eigenvalue weighted by Gasteiger charge is -2.05. The molecule has 0 aromatic heterocycles. The molecule has 0 unspecified atom stereocenters. The van der Waals surface area contributed by atoms with Crippen LogP contribution in [0.2, 0.25) is 0 Å². The molecule has 1 rings (SSSR count). The molecule has 0 saturated heterocycles. The second kappa shape index (κ2) is 6.23. The Kier molecular flexibility index (Phi) is 4.92. The quantitative estimate of drug-likeness (QED) is 0.771. The molecule has 0 fully saturated rings. The lowest BCUT2D eigenvalue weighted by Crippen LogP contribution is -2.10.